The highest BCUT2D eigenvalue weighted by Crippen LogP contribution is 2.35. The topological polar surface area (TPSA) is 64.8 Å². The first kappa shape index (κ1) is 13.4. The van der Waals surface area contributed by atoms with Crippen LogP contribution >= 0.6 is 0 Å². The molecule has 5 nitrogen and oxygen atoms in total. The molecule has 2 heterocycles. The highest BCUT2D eigenvalue weighted by molar-refractivity contribution is 5.76. The van der Waals surface area contributed by atoms with Gasteiger partial charge in [0.2, 0.25) is 5.91 Å². The second kappa shape index (κ2) is 5.42. The zero-order valence-electron chi connectivity index (χ0n) is 11.5. The Morgan fingerprint density at radius 1 is 1.20 bits per heavy atom. The van der Waals surface area contributed by atoms with Gasteiger partial charge in [0.25, 0.3) is 0 Å². The lowest BCUT2D eigenvalue weighted by atomic mass is 9.89. The van der Waals surface area contributed by atoms with Gasteiger partial charge in [0.1, 0.15) is 5.60 Å². The molecule has 2 fully saturated rings. The summed E-state index contributed by atoms with van der Waals surface area (Å²) in [5.74, 6) is -0.295. The quantitative estimate of drug-likeness (QED) is 0.848. The summed E-state index contributed by atoms with van der Waals surface area (Å²) in [5.41, 5.74) is 7.29. The molecule has 5 heteroatoms. The lowest BCUT2D eigenvalue weighted by molar-refractivity contribution is -0.312. The summed E-state index contributed by atoms with van der Waals surface area (Å²) in [6.45, 7) is 2.65. The number of benzene rings is 1. The van der Waals surface area contributed by atoms with Crippen molar-refractivity contribution in [2.24, 2.45) is 5.73 Å². The van der Waals surface area contributed by atoms with E-state index in [1.54, 1.807) is 0 Å². The fraction of sp³-hybridized carbons (Fsp3) is 0.533. The van der Waals surface area contributed by atoms with Gasteiger partial charge in [-0.2, -0.15) is 0 Å². The molecule has 2 aliphatic rings. The molecule has 0 aliphatic carbocycles. The van der Waals surface area contributed by atoms with E-state index in [1.807, 2.05) is 12.1 Å². The number of rotatable bonds is 3. The van der Waals surface area contributed by atoms with Gasteiger partial charge in [-0.15, -0.1) is 0 Å². The predicted molar refractivity (Wildman–Crippen MR) is 75.2 cm³/mol. The van der Waals surface area contributed by atoms with Crippen LogP contribution in [0.25, 0.3) is 0 Å². The summed E-state index contributed by atoms with van der Waals surface area (Å²) in [5, 5.41) is 0. The molecule has 1 aromatic carbocycles. The molecule has 2 N–H and O–H groups in total. The van der Waals surface area contributed by atoms with Gasteiger partial charge < -0.3 is 10.6 Å². The summed E-state index contributed by atoms with van der Waals surface area (Å²) in [6.07, 6.45) is 3.29. The number of carbonyl (C=O) groups is 1. The average molecular weight is 276 g/mol. The van der Waals surface area contributed by atoms with Crippen molar-refractivity contribution in [3.05, 3.63) is 29.8 Å². The molecule has 3 rings (SSSR count). The van der Waals surface area contributed by atoms with Crippen molar-refractivity contribution in [2.45, 2.75) is 31.3 Å². The monoisotopic (exact) mass is 276 g/mol. The van der Waals surface area contributed by atoms with E-state index < -0.39 is 0 Å². The largest absolute Gasteiger partial charge is 0.371 e. The fourth-order valence-electron chi connectivity index (χ4n) is 2.97. The maximum atomic E-state index is 10.9. The number of hydrogen-bond acceptors (Lipinski definition) is 4. The summed E-state index contributed by atoms with van der Waals surface area (Å²) in [6, 6.07) is 8.06. The Morgan fingerprint density at radius 3 is 2.45 bits per heavy atom. The number of nitrogens with two attached hydrogens (primary N) is 1. The van der Waals surface area contributed by atoms with E-state index in [9.17, 15) is 4.79 Å². The van der Waals surface area contributed by atoms with Crippen molar-refractivity contribution in [2.75, 3.05) is 24.6 Å². The van der Waals surface area contributed by atoms with Crippen LogP contribution in [0.3, 0.4) is 0 Å². The molecule has 0 saturated carbocycles. The minimum atomic E-state index is -0.295. The van der Waals surface area contributed by atoms with E-state index in [1.165, 1.54) is 5.69 Å². The number of nitrogens with zero attached hydrogens (tertiary/aromatic N) is 1. The molecular formula is C15H20N2O3. The van der Waals surface area contributed by atoms with Crippen LogP contribution in [0.5, 0.6) is 0 Å². The molecule has 1 spiro atoms. The lowest BCUT2D eigenvalue weighted by Crippen LogP contribution is -2.44. The van der Waals surface area contributed by atoms with E-state index in [2.05, 4.69) is 17.0 Å². The third-order valence-electron chi connectivity index (χ3n) is 4.23. The molecule has 0 unspecified atom stereocenters. The van der Waals surface area contributed by atoms with Gasteiger partial charge >= 0.3 is 0 Å². The van der Waals surface area contributed by atoms with Crippen molar-refractivity contribution in [1.82, 2.24) is 0 Å². The van der Waals surface area contributed by atoms with E-state index in [4.69, 9.17) is 15.5 Å². The second-order valence-electron chi connectivity index (χ2n) is 5.63. The third kappa shape index (κ3) is 2.78. The van der Waals surface area contributed by atoms with Crippen LogP contribution in [-0.2, 0) is 21.0 Å². The normalized spacial score (nSPS) is 21.3. The van der Waals surface area contributed by atoms with Crippen LogP contribution in [-0.4, -0.2) is 31.2 Å². The average Bonchev–Trinajstić information content (AvgIpc) is 2.89. The van der Waals surface area contributed by atoms with Gasteiger partial charge in [0.05, 0.1) is 13.0 Å². The number of primary amides is 1. The second-order valence-corrected chi connectivity index (χ2v) is 5.63. The Morgan fingerprint density at radius 2 is 1.90 bits per heavy atom. The highest BCUT2D eigenvalue weighted by Gasteiger charge is 2.40. The molecule has 108 valence electrons. The van der Waals surface area contributed by atoms with Crippen LogP contribution in [0, 0.1) is 0 Å². The first-order valence-corrected chi connectivity index (χ1v) is 7.10. The highest BCUT2D eigenvalue weighted by atomic mass is 17.2. The number of anilines is 1. The molecule has 0 radical (unpaired) electrons. The maximum absolute atomic E-state index is 10.9. The Bertz CT molecular complexity index is 470. The molecule has 2 aliphatic heterocycles. The number of carbonyl (C=O) groups excluding carboxylic acids is 1. The van der Waals surface area contributed by atoms with Crippen LogP contribution in [0.2, 0.25) is 0 Å². The molecule has 2 saturated heterocycles. The summed E-state index contributed by atoms with van der Waals surface area (Å²) in [7, 11) is 0. The van der Waals surface area contributed by atoms with Crippen LogP contribution in [0.15, 0.2) is 24.3 Å². The molecule has 1 amide bonds. The smallest absolute Gasteiger partial charge is 0.221 e. The van der Waals surface area contributed by atoms with Crippen molar-refractivity contribution >= 4 is 11.6 Å². The maximum Gasteiger partial charge on any atom is 0.221 e. The lowest BCUT2D eigenvalue weighted by Gasteiger charge is -2.38. The molecule has 1 aromatic rings. The molecule has 0 bridgehead atoms. The molecular weight excluding hydrogens is 256 g/mol. The van der Waals surface area contributed by atoms with Crippen molar-refractivity contribution in [1.29, 1.82) is 0 Å². The minimum absolute atomic E-state index is 0.0532. The zero-order valence-corrected chi connectivity index (χ0v) is 11.5. The van der Waals surface area contributed by atoms with Gasteiger partial charge in [-0.05, 0) is 30.5 Å². The standard InChI is InChI=1S/C15H20N2O3/c16-14(18)11-12-1-3-13(4-2-12)17-8-5-15(6-9-17)7-10-19-20-15/h1-4H,5-11H2,(H2,16,18). The Labute approximate surface area is 118 Å². The summed E-state index contributed by atoms with van der Waals surface area (Å²) in [4.78, 5) is 23.8. The molecule has 0 aromatic heterocycles. The number of hydrogen-bond donors (Lipinski definition) is 1. The van der Waals surface area contributed by atoms with E-state index in [0.717, 1.165) is 37.9 Å². The van der Waals surface area contributed by atoms with Crippen LogP contribution in [0.1, 0.15) is 24.8 Å². The van der Waals surface area contributed by atoms with Crippen LogP contribution in [0.4, 0.5) is 5.69 Å². The first-order chi connectivity index (χ1) is 9.67. The molecule has 20 heavy (non-hydrogen) atoms. The van der Waals surface area contributed by atoms with Gasteiger partial charge in [0, 0.05) is 25.2 Å². The van der Waals surface area contributed by atoms with E-state index in [0.29, 0.717) is 13.0 Å². The van der Waals surface area contributed by atoms with Crippen molar-refractivity contribution in [3.8, 4) is 0 Å². The van der Waals surface area contributed by atoms with Gasteiger partial charge in [-0.1, -0.05) is 12.1 Å². The van der Waals surface area contributed by atoms with E-state index in [-0.39, 0.29) is 11.5 Å². The third-order valence-corrected chi connectivity index (χ3v) is 4.23. The molecule has 0 atom stereocenters. The number of piperidine rings is 1. The van der Waals surface area contributed by atoms with Gasteiger partial charge in [0.15, 0.2) is 0 Å². The van der Waals surface area contributed by atoms with Gasteiger partial charge in [-0.3, -0.25) is 4.79 Å². The van der Waals surface area contributed by atoms with Crippen molar-refractivity contribution < 1.29 is 14.6 Å². The van der Waals surface area contributed by atoms with Crippen molar-refractivity contribution in [3.63, 3.8) is 0 Å². The van der Waals surface area contributed by atoms with Gasteiger partial charge in [-0.25, -0.2) is 9.78 Å². The van der Waals surface area contributed by atoms with Crippen LogP contribution < -0.4 is 10.6 Å². The number of amides is 1. The summed E-state index contributed by atoms with van der Waals surface area (Å²) >= 11 is 0. The Balaban J connectivity index is 1.61. The summed E-state index contributed by atoms with van der Waals surface area (Å²) < 4.78 is 0. The van der Waals surface area contributed by atoms with E-state index >= 15 is 0 Å². The first-order valence-electron chi connectivity index (χ1n) is 7.10. The Kier molecular flexibility index (Phi) is 3.63. The predicted octanol–water partition coefficient (Wildman–Crippen LogP) is 1.41. The minimum Gasteiger partial charge on any atom is -0.371 e. The zero-order chi connectivity index (χ0) is 14.0. The SMILES string of the molecule is NC(=O)Cc1ccc(N2CCC3(CCOO3)CC2)cc1. The fourth-order valence-corrected chi connectivity index (χ4v) is 2.97. The Hall–Kier alpha value is -1.59.